The zero-order valence-electron chi connectivity index (χ0n) is 23.6. The fourth-order valence-electron chi connectivity index (χ4n) is 6.47. The predicted octanol–water partition coefficient (Wildman–Crippen LogP) is 10.0. The van der Waals surface area contributed by atoms with Gasteiger partial charge in [-0.2, -0.15) is 0 Å². The molecule has 0 saturated carbocycles. The van der Waals surface area contributed by atoms with Crippen molar-refractivity contribution in [1.29, 1.82) is 10.8 Å². The van der Waals surface area contributed by atoms with E-state index in [9.17, 15) is 0 Å². The van der Waals surface area contributed by atoms with E-state index in [1.165, 1.54) is 22.3 Å². The molecule has 0 bridgehead atoms. The molecule has 2 N–H and O–H groups in total. The summed E-state index contributed by atoms with van der Waals surface area (Å²) in [4.78, 5) is 0. The van der Waals surface area contributed by atoms with Crippen LogP contribution in [-0.2, 0) is 5.41 Å². The summed E-state index contributed by atoms with van der Waals surface area (Å²) in [6, 6.07) is 49.2. The first-order chi connectivity index (χ1) is 21.6. The molecule has 0 spiro atoms. The second-order valence-electron chi connectivity index (χ2n) is 10.9. The zero-order chi connectivity index (χ0) is 29.7. The van der Waals surface area contributed by atoms with E-state index >= 15 is 0 Å². The maximum atomic E-state index is 8.71. The van der Waals surface area contributed by atoms with Crippen LogP contribution < -0.4 is 9.47 Å². The Morgan fingerprint density at radius 2 is 1.00 bits per heavy atom. The molecule has 6 aromatic rings. The van der Waals surface area contributed by atoms with E-state index < -0.39 is 5.41 Å². The lowest BCUT2D eigenvalue weighted by Crippen LogP contribution is -2.28. The first-order valence-electron chi connectivity index (χ1n) is 14.4. The van der Waals surface area contributed by atoms with Gasteiger partial charge in [0.25, 0.3) is 0 Å². The summed E-state index contributed by atoms with van der Waals surface area (Å²) in [7, 11) is 0. The molecule has 0 radical (unpaired) electrons. The fraction of sp³-hybridized carbons (Fsp3) is 0.0256. The largest absolute Gasteiger partial charge is 0.449 e. The summed E-state index contributed by atoms with van der Waals surface area (Å²) < 4.78 is 13.0. The van der Waals surface area contributed by atoms with Crippen LogP contribution in [-0.4, -0.2) is 10.1 Å². The van der Waals surface area contributed by atoms with Gasteiger partial charge in [-0.25, -0.2) is 0 Å². The Labute approximate surface area is 260 Å². The van der Waals surface area contributed by atoms with Crippen LogP contribution >= 0.6 is 11.8 Å². The molecule has 4 nitrogen and oxygen atoms in total. The highest BCUT2D eigenvalue weighted by Gasteiger charge is 2.47. The molecule has 1 aliphatic carbocycles. The van der Waals surface area contributed by atoms with Gasteiger partial charge in [-0.05, 0) is 63.7 Å². The highest BCUT2D eigenvalue weighted by Crippen LogP contribution is 2.59. The number of benzene rings is 6. The molecule has 1 heterocycles. The van der Waals surface area contributed by atoms with Gasteiger partial charge < -0.3 is 9.47 Å². The number of thioether (sulfide) groups is 1. The van der Waals surface area contributed by atoms with Crippen LogP contribution in [0.2, 0.25) is 0 Å². The normalized spacial score (nSPS) is 13.4. The molecule has 1 aliphatic heterocycles. The molecule has 0 saturated heterocycles. The molecule has 210 valence electrons. The standard InChI is InChI=1S/C39H26N2O2S/c40-37(25-12-4-1-5-13-25)44-38(41)26-20-21-33-34(22-26)43-36-24-32-30(23-35(36)42-33)29-18-10-11-19-31(29)39(32,27-14-6-2-7-15-27)28-16-8-3-9-17-28/h1-24,40-41H. The lowest BCUT2D eigenvalue weighted by atomic mass is 9.67. The lowest BCUT2D eigenvalue weighted by molar-refractivity contribution is 0.359. The number of hydrogen-bond donors (Lipinski definition) is 2. The van der Waals surface area contributed by atoms with Crippen molar-refractivity contribution in [3.05, 3.63) is 179 Å². The van der Waals surface area contributed by atoms with Gasteiger partial charge in [0, 0.05) is 11.1 Å². The minimum Gasteiger partial charge on any atom is -0.449 e. The number of hydrogen-bond acceptors (Lipinski definition) is 5. The fourth-order valence-corrected chi connectivity index (χ4v) is 7.17. The highest BCUT2D eigenvalue weighted by atomic mass is 32.2. The van der Waals surface area contributed by atoms with Gasteiger partial charge >= 0.3 is 0 Å². The van der Waals surface area contributed by atoms with Gasteiger partial charge in [-0.15, -0.1) is 0 Å². The van der Waals surface area contributed by atoms with Gasteiger partial charge in [0.15, 0.2) is 23.0 Å². The topological polar surface area (TPSA) is 66.2 Å². The minimum absolute atomic E-state index is 0.271. The van der Waals surface area contributed by atoms with Crippen molar-refractivity contribution in [2.45, 2.75) is 5.41 Å². The van der Waals surface area contributed by atoms with Crippen LogP contribution in [0.15, 0.2) is 146 Å². The molecule has 0 aromatic heterocycles. The molecule has 0 amide bonds. The van der Waals surface area contributed by atoms with E-state index in [4.69, 9.17) is 20.3 Å². The van der Waals surface area contributed by atoms with Crippen LogP contribution in [0.25, 0.3) is 11.1 Å². The molecule has 0 fully saturated rings. The Balaban J connectivity index is 1.22. The SMILES string of the molecule is N=C(SC(=N)c1ccc2c(c1)Oc1cc3c(cc1O2)-c1ccccc1C3(c1ccccc1)c1ccccc1)c1ccccc1. The summed E-state index contributed by atoms with van der Waals surface area (Å²) in [5, 5.41) is 17.8. The van der Waals surface area contributed by atoms with E-state index in [1.54, 1.807) is 0 Å². The van der Waals surface area contributed by atoms with E-state index in [1.807, 2.05) is 48.5 Å². The third-order valence-electron chi connectivity index (χ3n) is 8.41. The van der Waals surface area contributed by atoms with Crippen LogP contribution in [0.1, 0.15) is 33.4 Å². The molecule has 0 unspecified atom stereocenters. The second kappa shape index (κ2) is 10.4. The van der Waals surface area contributed by atoms with Gasteiger partial charge in [0.2, 0.25) is 0 Å². The Bertz CT molecular complexity index is 2040. The van der Waals surface area contributed by atoms with Crippen molar-refractivity contribution in [1.82, 2.24) is 0 Å². The zero-order valence-corrected chi connectivity index (χ0v) is 24.4. The number of nitrogens with one attached hydrogen (secondary N) is 2. The second-order valence-corrected chi connectivity index (χ2v) is 11.9. The van der Waals surface area contributed by atoms with E-state index in [0.29, 0.717) is 33.6 Å². The van der Waals surface area contributed by atoms with E-state index in [0.717, 1.165) is 28.5 Å². The molecule has 44 heavy (non-hydrogen) atoms. The van der Waals surface area contributed by atoms with E-state index in [2.05, 4.69) is 97.1 Å². The van der Waals surface area contributed by atoms with Crippen molar-refractivity contribution in [3.63, 3.8) is 0 Å². The number of fused-ring (bicyclic) bond motifs is 5. The summed E-state index contributed by atoms with van der Waals surface area (Å²) >= 11 is 1.12. The average Bonchev–Trinajstić information content (AvgIpc) is 3.37. The Morgan fingerprint density at radius 3 is 1.70 bits per heavy atom. The monoisotopic (exact) mass is 586 g/mol. The van der Waals surface area contributed by atoms with Crippen LogP contribution in [0, 0.1) is 10.8 Å². The smallest absolute Gasteiger partial charge is 0.170 e. The van der Waals surface area contributed by atoms with Gasteiger partial charge in [-0.1, -0.05) is 127 Å². The molecule has 0 atom stereocenters. The van der Waals surface area contributed by atoms with Gasteiger partial charge in [0.05, 0.1) is 5.41 Å². The lowest BCUT2D eigenvalue weighted by Gasteiger charge is -2.34. The van der Waals surface area contributed by atoms with Crippen LogP contribution in [0.3, 0.4) is 0 Å². The first kappa shape index (κ1) is 26.3. The Kier molecular flexibility index (Phi) is 6.21. The Hall–Kier alpha value is -5.39. The molecular formula is C39H26N2O2S. The highest BCUT2D eigenvalue weighted by molar-refractivity contribution is 8.27. The first-order valence-corrected chi connectivity index (χ1v) is 15.2. The molecule has 6 aromatic carbocycles. The summed E-state index contributed by atoms with van der Waals surface area (Å²) in [6.07, 6.45) is 0. The van der Waals surface area contributed by atoms with Gasteiger partial charge in [0.1, 0.15) is 10.1 Å². The maximum Gasteiger partial charge on any atom is 0.170 e. The van der Waals surface area contributed by atoms with Gasteiger partial charge in [-0.3, -0.25) is 10.8 Å². The summed E-state index contributed by atoms with van der Waals surface area (Å²) in [6.45, 7) is 0. The molecule has 2 aliphatic rings. The average molecular weight is 587 g/mol. The number of rotatable bonds is 4. The maximum absolute atomic E-state index is 8.71. The van der Waals surface area contributed by atoms with Crippen LogP contribution in [0.5, 0.6) is 23.0 Å². The quantitative estimate of drug-likeness (QED) is 0.159. The summed E-state index contributed by atoms with van der Waals surface area (Å²) in [5.74, 6) is 2.44. The van der Waals surface area contributed by atoms with Crippen LogP contribution in [0.4, 0.5) is 0 Å². The molecular weight excluding hydrogens is 561 g/mol. The summed E-state index contributed by atoms with van der Waals surface area (Å²) in [5.41, 5.74) is 7.93. The predicted molar refractivity (Wildman–Crippen MR) is 178 cm³/mol. The van der Waals surface area contributed by atoms with Crippen molar-refractivity contribution in [2.75, 3.05) is 0 Å². The van der Waals surface area contributed by atoms with Crippen molar-refractivity contribution in [2.24, 2.45) is 0 Å². The van der Waals surface area contributed by atoms with Crippen molar-refractivity contribution in [3.8, 4) is 34.1 Å². The third-order valence-corrected chi connectivity index (χ3v) is 9.29. The van der Waals surface area contributed by atoms with Crippen molar-refractivity contribution < 1.29 is 9.47 Å². The Morgan fingerprint density at radius 1 is 0.455 bits per heavy atom. The molecule has 5 heteroatoms. The minimum atomic E-state index is -0.536. The van der Waals surface area contributed by atoms with Crippen molar-refractivity contribution >= 4 is 21.8 Å². The third kappa shape index (κ3) is 4.08. The molecule has 8 rings (SSSR count). The number of ether oxygens (including phenoxy) is 2. The van der Waals surface area contributed by atoms with E-state index in [-0.39, 0.29) is 5.04 Å².